The summed E-state index contributed by atoms with van der Waals surface area (Å²) in [4.78, 5) is 22.7. The van der Waals surface area contributed by atoms with Crippen molar-refractivity contribution in [3.63, 3.8) is 0 Å². The number of ether oxygens (including phenoxy) is 3. The minimum atomic E-state index is -0.590. The summed E-state index contributed by atoms with van der Waals surface area (Å²) in [6.45, 7) is 0. The molecule has 0 atom stereocenters. The highest BCUT2D eigenvalue weighted by atomic mass is 16.6. The number of allylic oxidation sites excluding steroid dienone is 1. The van der Waals surface area contributed by atoms with Gasteiger partial charge in [0, 0.05) is 11.6 Å². The average Bonchev–Trinajstić information content (AvgIpc) is 2.65. The lowest BCUT2D eigenvalue weighted by Crippen LogP contribution is -1.99. The first kappa shape index (κ1) is 18.0. The van der Waals surface area contributed by atoms with E-state index in [9.17, 15) is 14.9 Å². The molecule has 7 heteroatoms. The molecule has 0 aromatic heterocycles. The molecule has 0 aliphatic heterocycles. The molecule has 0 fully saturated rings. The SMILES string of the molecule is COc1ccc(/C=C/C(=O)c2ccc(OC)c([N+](=O)[O-])c2)cc1OC. The van der Waals surface area contributed by atoms with Gasteiger partial charge in [0.25, 0.3) is 0 Å². The zero-order valence-electron chi connectivity index (χ0n) is 14.0. The van der Waals surface area contributed by atoms with Crippen molar-refractivity contribution in [2.24, 2.45) is 0 Å². The number of nitro groups is 1. The van der Waals surface area contributed by atoms with Crippen molar-refractivity contribution < 1.29 is 23.9 Å². The Labute approximate surface area is 144 Å². The number of methoxy groups -OCH3 is 3. The topological polar surface area (TPSA) is 87.9 Å². The molecule has 0 heterocycles. The highest BCUT2D eigenvalue weighted by molar-refractivity contribution is 6.07. The first-order valence-corrected chi connectivity index (χ1v) is 7.27. The summed E-state index contributed by atoms with van der Waals surface area (Å²) in [6, 6.07) is 9.28. The number of hydrogen-bond acceptors (Lipinski definition) is 6. The van der Waals surface area contributed by atoms with Gasteiger partial charge in [0.1, 0.15) is 0 Å². The van der Waals surface area contributed by atoms with Crippen molar-refractivity contribution in [1.82, 2.24) is 0 Å². The second kappa shape index (κ2) is 7.96. The largest absolute Gasteiger partial charge is 0.493 e. The van der Waals surface area contributed by atoms with Gasteiger partial charge >= 0.3 is 5.69 Å². The second-order valence-corrected chi connectivity index (χ2v) is 4.96. The smallest absolute Gasteiger partial charge is 0.311 e. The molecule has 0 bridgehead atoms. The summed E-state index contributed by atoms with van der Waals surface area (Å²) in [5, 5.41) is 11.0. The molecular weight excluding hydrogens is 326 g/mol. The maximum atomic E-state index is 12.3. The van der Waals surface area contributed by atoms with Gasteiger partial charge in [-0.25, -0.2) is 0 Å². The van der Waals surface area contributed by atoms with Gasteiger partial charge < -0.3 is 14.2 Å². The van der Waals surface area contributed by atoms with Crippen molar-refractivity contribution in [3.05, 3.63) is 63.7 Å². The Hall–Kier alpha value is -3.35. The molecule has 0 saturated heterocycles. The molecule has 0 saturated carbocycles. The fourth-order valence-corrected chi connectivity index (χ4v) is 2.21. The molecule has 0 amide bonds. The maximum Gasteiger partial charge on any atom is 0.311 e. The van der Waals surface area contributed by atoms with Gasteiger partial charge in [0.15, 0.2) is 23.0 Å². The standard InChI is InChI=1S/C18H17NO6/c1-23-16-9-6-13(11-14(16)19(21)22)15(20)7-4-12-5-8-17(24-2)18(10-12)25-3/h4-11H,1-3H3/b7-4+. The lowest BCUT2D eigenvalue weighted by atomic mass is 10.1. The zero-order chi connectivity index (χ0) is 18.4. The summed E-state index contributed by atoms with van der Waals surface area (Å²) in [5.74, 6) is 0.861. The van der Waals surface area contributed by atoms with E-state index in [0.717, 1.165) is 5.56 Å². The molecular formula is C18H17NO6. The Morgan fingerprint density at radius 2 is 1.60 bits per heavy atom. The van der Waals surface area contributed by atoms with E-state index in [2.05, 4.69) is 0 Å². The molecule has 130 valence electrons. The Morgan fingerprint density at radius 3 is 2.20 bits per heavy atom. The van der Waals surface area contributed by atoms with Crippen molar-refractivity contribution in [2.45, 2.75) is 0 Å². The molecule has 25 heavy (non-hydrogen) atoms. The molecule has 0 aliphatic rings. The average molecular weight is 343 g/mol. The van der Waals surface area contributed by atoms with Crippen LogP contribution in [0.4, 0.5) is 5.69 Å². The van der Waals surface area contributed by atoms with E-state index in [4.69, 9.17) is 14.2 Å². The first-order valence-electron chi connectivity index (χ1n) is 7.27. The number of carbonyl (C=O) groups excluding carboxylic acids is 1. The Balaban J connectivity index is 2.26. The summed E-state index contributed by atoms with van der Waals surface area (Å²) in [5.41, 5.74) is 0.672. The molecule has 0 spiro atoms. The number of hydrogen-bond donors (Lipinski definition) is 0. The van der Waals surface area contributed by atoms with Crippen LogP contribution in [0.15, 0.2) is 42.5 Å². The predicted octanol–water partition coefficient (Wildman–Crippen LogP) is 3.52. The molecule has 2 aromatic rings. The van der Waals surface area contributed by atoms with Crippen molar-refractivity contribution >= 4 is 17.5 Å². The first-order chi connectivity index (χ1) is 12.0. The Morgan fingerprint density at radius 1 is 0.960 bits per heavy atom. The van der Waals surface area contributed by atoms with Crippen molar-refractivity contribution in [3.8, 4) is 17.2 Å². The summed E-state index contributed by atoms with van der Waals surface area (Å²) < 4.78 is 15.3. The quantitative estimate of drug-likeness (QED) is 0.331. The molecule has 0 N–H and O–H groups in total. The minimum absolute atomic E-state index is 0.102. The van der Waals surface area contributed by atoms with E-state index in [1.165, 1.54) is 45.6 Å². The van der Waals surface area contributed by atoms with E-state index >= 15 is 0 Å². The van der Waals surface area contributed by atoms with Crippen LogP contribution in [0, 0.1) is 10.1 Å². The van der Waals surface area contributed by atoms with Crippen LogP contribution in [0.3, 0.4) is 0 Å². The highest BCUT2D eigenvalue weighted by Crippen LogP contribution is 2.29. The summed E-state index contributed by atoms with van der Waals surface area (Å²) >= 11 is 0. The van der Waals surface area contributed by atoms with E-state index in [0.29, 0.717) is 11.5 Å². The summed E-state index contributed by atoms with van der Waals surface area (Å²) in [7, 11) is 4.39. The number of benzene rings is 2. The molecule has 2 rings (SSSR count). The molecule has 0 unspecified atom stereocenters. The fourth-order valence-electron chi connectivity index (χ4n) is 2.21. The van der Waals surface area contributed by atoms with E-state index in [-0.39, 0.29) is 22.8 Å². The van der Waals surface area contributed by atoms with E-state index < -0.39 is 4.92 Å². The normalized spacial score (nSPS) is 10.5. The second-order valence-electron chi connectivity index (χ2n) is 4.96. The third kappa shape index (κ3) is 4.14. The van der Waals surface area contributed by atoms with Crippen LogP contribution in [-0.4, -0.2) is 32.0 Å². The van der Waals surface area contributed by atoms with E-state index in [1.54, 1.807) is 24.3 Å². The maximum absolute atomic E-state index is 12.3. The third-order valence-electron chi connectivity index (χ3n) is 3.49. The van der Waals surface area contributed by atoms with Crippen molar-refractivity contribution in [2.75, 3.05) is 21.3 Å². The number of nitro benzene ring substituents is 1. The van der Waals surface area contributed by atoms with Crippen molar-refractivity contribution in [1.29, 1.82) is 0 Å². The highest BCUT2D eigenvalue weighted by Gasteiger charge is 2.17. The molecule has 2 aromatic carbocycles. The monoisotopic (exact) mass is 343 g/mol. The molecule has 7 nitrogen and oxygen atoms in total. The van der Waals surface area contributed by atoms with Gasteiger partial charge in [-0.1, -0.05) is 12.1 Å². The van der Waals surface area contributed by atoms with Gasteiger partial charge in [-0.3, -0.25) is 14.9 Å². The number of carbonyl (C=O) groups is 1. The Kier molecular flexibility index (Phi) is 5.73. The van der Waals surface area contributed by atoms with Gasteiger partial charge in [-0.05, 0) is 35.9 Å². The summed E-state index contributed by atoms with van der Waals surface area (Å²) in [6.07, 6.45) is 2.94. The number of ketones is 1. The minimum Gasteiger partial charge on any atom is -0.493 e. The number of nitrogens with zero attached hydrogens (tertiary/aromatic N) is 1. The van der Waals surface area contributed by atoms with Crippen LogP contribution in [0.2, 0.25) is 0 Å². The Bertz CT molecular complexity index is 828. The van der Waals surface area contributed by atoms with Crippen LogP contribution in [-0.2, 0) is 0 Å². The van der Waals surface area contributed by atoms with Gasteiger partial charge in [-0.15, -0.1) is 0 Å². The van der Waals surface area contributed by atoms with Gasteiger partial charge in [-0.2, -0.15) is 0 Å². The predicted molar refractivity (Wildman–Crippen MR) is 92.6 cm³/mol. The van der Waals surface area contributed by atoms with Crippen LogP contribution < -0.4 is 14.2 Å². The van der Waals surface area contributed by atoms with Gasteiger partial charge in [0.05, 0.1) is 26.3 Å². The molecule has 0 aliphatic carbocycles. The van der Waals surface area contributed by atoms with Crippen LogP contribution in [0.1, 0.15) is 15.9 Å². The van der Waals surface area contributed by atoms with Crippen LogP contribution in [0.25, 0.3) is 6.08 Å². The zero-order valence-corrected chi connectivity index (χ0v) is 14.0. The van der Waals surface area contributed by atoms with Crippen LogP contribution in [0.5, 0.6) is 17.2 Å². The fraction of sp³-hybridized carbons (Fsp3) is 0.167. The lowest BCUT2D eigenvalue weighted by molar-refractivity contribution is -0.385. The molecule has 0 radical (unpaired) electrons. The van der Waals surface area contributed by atoms with E-state index in [1.807, 2.05) is 0 Å². The van der Waals surface area contributed by atoms with Crippen LogP contribution >= 0.6 is 0 Å². The number of rotatable bonds is 7. The van der Waals surface area contributed by atoms with Gasteiger partial charge in [0.2, 0.25) is 0 Å². The third-order valence-corrected chi connectivity index (χ3v) is 3.49. The lowest BCUT2D eigenvalue weighted by Gasteiger charge is -2.07.